The van der Waals surface area contributed by atoms with Crippen molar-refractivity contribution in [1.29, 1.82) is 0 Å². The van der Waals surface area contributed by atoms with E-state index in [9.17, 15) is 22.9 Å². The van der Waals surface area contributed by atoms with Crippen LogP contribution in [0.1, 0.15) is 22.8 Å². The Morgan fingerprint density at radius 3 is 2.38 bits per heavy atom. The van der Waals surface area contributed by atoms with Crippen LogP contribution in [-0.2, 0) is 16.5 Å². The summed E-state index contributed by atoms with van der Waals surface area (Å²) in [5, 5.41) is 25.2. The molecule has 0 saturated heterocycles. The van der Waals surface area contributed by atoms with Gasteiger partial charge in [0.15, 0.2) is 5.75 Å². The largest absolute Gasteiger partial charge is 1.00 e. The summed E-state index contributed by atoms with van der Waals surface area (Å²) in [6.07, 6.45) is 0.257. The van der Waals surface area contributed by atoms with Crippen LogP contribution in [0.4, 0.5) is 17.1 Å². The SMILES string of the molecule is CCc1ccc(Cl)c(N=Nc2c([O-])c(C(=O)Nc3cccc(Cl)c3OC)cc3ccccc23)c1S(=O)(=O)O.[Na+]. The number of para-hydroxylation sites is 1. The van der Waals surface area contributed by atoms with E-state index in [-0.39, 0.29) is 80.0 Å². The summed E-state index contributed by atoms with van der Waals surface area (Å²) in [5.74, 6) is -1.29. The fourth-order valence-corrected chi connectivity index (χ4v) is 5.37. The van der Waals surface area contributed by atoms with Gasteiger partial charge in [0.1, 0.15) is 10.6 Å². The molecule has 1 amide bonds. The van der Waals surface area contributed by atoms with Crippen molar-refractivity contribution in [3.8, 4) is 11.5 Å². The van der Waals surface area contributed by atoms with Crippen LogP contribution in [0.3, 0.4) is 0 Å². The number of hydrogen-bond donors (Lipinski definition) is 2. The molecule has 0 unspecified atom stereocenters. The Bertz CT molecular complexity index is 1710. The van der Waals surface area contributed by atoms with Crippen molar-refractivity contribution in [2.75, 3.05) is 12.4 Å². The zero-order valence-corrected chi connectivity index (χ0v) is 25.4. The van der Waals surface area contributed by atoms with Gasteiger partial charge in [0.2, 0.25) is 0 Å². The van der Waals surface area contributed by atoms with E-state index < -0.39 is 26.7 Å². The number of fused-ring (bicyclic) bond motifs is 1. The first-order chi connectivity index (χ1) is 18.1. The maximum Gasteiger partial charge on any atom is 1.00 e. The molecule has 9 nitrogen and oxygen atoms in total. The van der Waals surface area contributed by atoms with Crippen molar-refractivity contribution in [3.05, 3.63) is 81.8 Å². The van der Waals surface area contributed by atoms with E-state index in [0.29, 0.717) is 10.8 Å². The van der Waals surface area contributed by atoms with Crippen molar-refractivity contribution in [3.63, 3.8) is 0 Å². The van der Waals surface area contributed by atoms with E-state index in [0.717, 1.165) is 0 Å². The van der Waals surface area contributed by atoms with Gasteiger partial charge in [-0.15, -0.1) is 5.11 Å². The second-order valence-electron chi connectivity index (χ2n) is 8.01. The quantitative estimate of drug-likeness (QED) is 0.189. The summed E-state index contributed by atoms with van der Waals surface area (Å²) in [7, 11) is -3.33. The number of rotatable bonds is 7. The minimum Gasteiger partial charge on any atom is -0.870 e. The Labute approximate surface area is 256 Å². The molecule has 0 aromatic heterocycles. The van der Waals surface area contributed by atoms with E-state index in [1.54, 1.807) is 49.4 Å². The van der Waals surface area contributed by atoms with E-state index in [2.05, 4.69) is 15.5 Å². The number of halogens is 2. The fraction of sp³-hybridized carbons (Fsp3) is 0.115. The van der Waals surface area contributed by atoms with Crippen LogP contribution in [0, 0.1) is 0 Å². The predicted molar refractivity (Wildman–Crippen MR) is 144 cm³/mol. The molecule has 0 atom stereocenters. The monoisotopic (exact) mass is 595 g/mol. The number of benzene rings is 4. The Hall–Kier alpha value is -2.70. The molecule has 0 spiro atoms. The number of carbonyl (C=O) groups is 1. The average Bonchev–Trinajstić information content (AvgIpc) is 2.87. The van der Waals surface area contributed by atoms with Crippen molar-refractivity contribution >= 4 is 67.1 Å². The van der Waals surface area contributed by atoms with Crippen molar-refractivity contribution in [2.24, 2.45) is 10.2 Å². The molecule has 0 bridgehead atoms. The predicted octanol–water partition coefficient (Wildman–Crippen LogP) is 3.71. The number of hydrogen-bond acceptors (Lipinski definition) is 7. The van der Waals surface area contributed by atoms with Crippen molar-refractivity contribution in [1.82, 2.24) is 0 Å². The van der Waals surface area contributed by atoms with Crippen LogP contribution in [0.15, 0.2) is 75.8 Å². The molecule has 0 radical (unpaired) electrons. The molecule has 196 valence electrons. The van der Waals surface area contributed by atoms with Gasteiger partial charge in [-0.3, -0.25) is 9.35 Å². The van der Waals surface area contributed by atoms with Gasteiger partial charge in [-0.2, -0.15) is 13.5 Å². The van der Waals surface area contributed by atoms with E-state index in [1.807, 2.05) is 0 Å². The molecule has 13 heteroatoms. The minimum absolute atomic E-state index is 0. The molecule has 0 fully saturated rings. The second-order valence-corrected chi connectivity index (χ2v) is 10.2. The molecular formula is C26H20Cl2N3NaO6S. The van der Waals surface area contributed by atoms with Crippen LogP contribution in [0.2, 0.25) is 10.0 Å². The maximum atomic E-state index is 13.5. The number of aryl methyl sites for hydroxylation is 1. The van der Waals surface area contributed by atoms with Crippen LogP contribution < -0.4 is 44.7 Å². The van der Waals surface area contributed by atoms with E-state index in [4.69, 9.17) is 27.9 Å². The number of carbonyl (C=O) groups excluding carboxylic acids is 1. The Morgan fingerprint density at radius 2 is 1.72 bits per heavy atom. The number of azo groups is 1. The van der Waals surface area contributed by atoms with Gasteiger partial charge in [0.25, 0.3) is 16.0 Å². The average molecular weight is 596 g/mol. The number of amides is 1. The van der Waals surface area contributed by atoms with Crippen LogP contribution in [0.5, 0.6) is 11.5 Å². The molecule has 39 heavy (non-hydrogen) atoms. The molecule has 0 aliphatic carbocycles. The normalized spacial score (nSPS) is 11.4. The van der Waals surface area contributed by atoms with Gasteiger partial charge in [0.05, 0.1) is 28.5 Å². The standard InChI is InChI=1S/C26H21Cl2N3O6S.Na/c1-3-14-11-12-18(27)22(25(14)38(34,35)36)31-30-21-16-8-5-4-7-15(16)13-17(23(21)32)26(33)29-20-10-6-9-19(28)24(20)37-2;/h4-13,32H,3H2,1-2H3,(H,29,33)(H,34,35,36);/q;+1/p-1. The Balaban J connectivity index is 0.00000420. The number of nitrogens with one attached hydrogen (secondary N) is 1. The van der Waals surface area contributed by atoms with Gasteiger partial charge in [-0.25, -0.2) is 0 Å². The number of ether oxygens (including phenoxy) is 1. The third-order valence-corrected chi connectivity index (χ3v) is 7.27. The van der Waals surface area contributed by atoms with Gasteiger partial charge in [-0.1, -0.05) is 72.3 Å². The zero-order valence-electron chi connectivity index (χ0n) is 21.0. The van der Waals surface area contributed by atoms with Crippen molar-refractivity contribution < 1.29 is 57.2 Å². The minimum atomic E-state index is -4.73. The number of anilines is 1. The first-order valence-corrected chi connectivity index (χ1v) is 13.3. The van der Waals surface area contributed by atoms with E-state index in [1.165, 1.54) is 25.3 Å². The molecular weight excluding hydrogens is 576 g/mol. The Kier molecular flexibility index (Phi) is 10.0. The molecule has 0 aliphatic heterocycles. The zero-order chi connectivity index (χ0) is 27.6. The molecule has 4 aromatic carbocycles. The fourth-order valence-electron chi connectivity index (χ4n) is 3.93. The van der Waals surface area contributed by atoms with Crippen molar-refractivity contribution in [2.45, 2.75) is 18.2 Å². The Morgan fingerprint density at radius 1 is 1.03 bits per heavy atom. The van der Waals surface area contributed by atoms with Gasteiger partial charge >= 0.3 is 29.6 Å². The van der Waals surface area contributed by atoms with E-state index >= 15 is 0 Å². The summed E-state index contributed by atoms with van der Waals surface area (Å²) < 4.78 is 39.3. The maximum absolute atomic E-state index is 13.5. The first kappa shape index (κ1) is 30.8. The number of nitrogens with zero attached hydrogens (tertiary/aromatic N) is 2. The molecule has 0 saturated carbocycles. The van der Waals surface area contributed by atoms with Gasteiger partial charge in [0, 0.05) is 10.9 Å². The summed E-state index contributed by atoms with van der Waals surface area (Å²) in [5.41, 5.74) is -0.271. The van der Waals surface area contributed by atoms with Crippen LogP contribution in [-0.4, -0.2) is 26.0 Å². The third-order valence-electron chi connectivity index (χ3n) is 5.69. The molecule has 0 aliphatic rings. The molecule has 4 rings (SSSR count). The molecule has 0 heterocycles. The first-order valence-electron chi connectivity index (χ1n) is 11.1. The summed E-state index contributed by atoms with van der Waals surface area (Å²) >= 11 is 12.3. The third kappa shape index (κ3) is 6.38. The summed E-state index contributed by atoms with van der Waals surface area (Å²) in [4.78, 5) is 12.7. The second kappa shape index (κ2) is 12.6. The van der Waals surface area contributed by atoms with Gasteiger partial charge < -0.3 is 15.2 Å². The number of methoxy groups -OCH3 is 1. The van der Waals surface area contributed by atoms with Gasteiger partial charge in [-0.05, 0) is 41.6 Å². The summed E-state index contributed by atoms with van der Waals surface area (Å²) in [6.45, 7) is 1.69. The smallest absolute Gasteiger partial charge is 0.870 e. The topological polar surface area (TPSA) is 140 Å². The van der Waals surface area contributed by atoms with Crippen LogP contribution in [0.25, 0.3) is 10.8 Å². The van der Waals surface area contributed by atoms with Crippen LogP contribution >= 0.6 is 23.2 Å². The summed E-state index contributed by atoms with van der Waals surface area (Å²) in [6, 6.07) is 15.7. The molecule has 4 aromatic rings. The molecule has 2 N–H and O–H groups in total.